The molecule has 0 bridgehead atoms. The van der Waals surface area contributed by atoms with Gasteiger partial charge in [0.2, 0.25) is 11.6 Å². The van der Waals surface area contributed by atoms with E-state index in [4.69, 9.17) is 65.2 Å². The molecule has 18 heteroatoms. The minimum Gasteiger partial charge on any atom is -0.490 e. The van der Waals surface area contributed by atoms with Gasteiger partial charge in [0.05, 0.1) is 45.2 Å². The molecule has 0 radical (unpaired) electrons. The molecular formula is C59H80Cl2O14Si2. The molecule has 14 nitrogen and oxygen atoms in total. The Bertz CT molecular complexity index is 2620. The summed E-state index contributed by atoms with van der Waals surface area (Å²) in [6.45, 7) is 20.1. The van der Waals surface area contributed by atoms with Gasteiger partial charge < -0.3 is 67.5 Å². The first-order valence-corrected chi connectivity index (χ1v) is 34.8. The van der Waals surface area contributed by atoms with Crippen molar-refractivity contribution in [2.75, 3.05) is 40.1 Å². The van der Waals surface area contributed by atoms with Gasteiger partial charge in [0.15, 0.2) is 16.6 Å². The van der Waals surface area contributed by atoms with Crippen LogP contribution < -0.4 is 9.47 Å². The van der Waals surface area contributed by atoms with Crippen molar-refractivity contribution in [1.29, 1.82) is 0 Å². The second-order valence-electron chi connectivity index (χ2n) is 24.6. The topological polar surface area (TPSA) is 184 Å². The van der Waals surface area contributed by atoms with Crippen molar-refractivity contribution in [3.63, 3.8) is 0 Å². The lowest BCUT2D eigenvalue weighted by Gasteiger charge is -2.53. The molecule has 4 heterocycles. The Morgan fingerprint density at radius 3 is 1.51 bits per heavy atom. The van der Waals surface area contributed by atoms with Crippen LogP contribution in [-0.2, 0) is 57.0 Å². The molecule has 6 aliphatic rings. The van der Waals surface area contributed by atoms with Crippen molar-refractivity contribution >= 4 is 39.8 Å². The smallest absolute Gasteiger partial charge is 0.224 e. The summed E-state index contributed by atoms with van der Waals surface area (Å²) in [5.41, 5.74) is 5.61. The summed E-state index contributed by atoms with van der Waals surface area (Å²) in [7, 11) is -2.74. The zero-order valence-corrected chi connectivity index (χ0v) is 49.5. The molecular weight excluding hydrogens is 1060 g/mol. The Kier molecular flexibility index (Phi) is 17.6. The molecule has 0 aromatic heterocycles. The SMILES string of the molecule is CC[C@H]1OC(O)(c2ccc(Cl)c(Cc3ccc(OC4CC5(COC5)C4)cc3)c2)[C@H](O[Si](C)(C)C)[C@@H](O[Si](C)(C)C)[C@@H]1C.COC1(c2ccc(Cl)c(Cc3ccc(OC4CC5(COC5)C4)cc3)c2)O[C@H](CO)[C@@H](O)[C@H](O)[C@H]1O. The minimum absolute atomic E-state index is 0.0726. The van der Waals surface area contributed by atoms with Crippen LogP contribution in [0.5, 0.6) is 11.5 Å². The Balaban J connectivity index is 0.000000191. The highest BCUT2D eigenvalue weighted by molar-refractivity contribution is 6.70. The average Bonchev–Trinajstić information content (AvgIpc) is 3.36. The quantitative estimate of drug-likeness (QED) is 0.0631. The predicted molar refractivity (Wildman–Crippen MR) is 299 cm³/mol. The second kappa shape index (κ2) is 23.1. The van der Waals surface area contributed by atoms with E-state index in [-0.39, 0.29) is 30.3 Å². The number of ether oxygens (including phenoxy) is 7. The maximum atomic E-state index is 12.5. The lowest BCUT2D eigenvalue weighted by molar-refractivity contribution is -0.366. The van der Waals surface area contributed by atoms with Crippen molar-refractivity contribution in [2.24, 2.45) is 16.7 Å². The van der Waals surface area contributed by atoms with E-state index in [9.17, 15) is 25.5 Å². The van der Waals surface area contributed by atoms with Gasteiger partial charge >= 0.3 is 0 Å². The minimum atomic E-state index is -2.10. The summed E-state index contributed by atoms with van der Waals surface area (Å²) in [4.78, 5) is 0. The van der Waals surface area contributed by atoms with E-state index in [1.54, 1.807) is 18.2 Å². The Labute approximate surface area is 466 Å². The third-order valence-corrected chi connectivity index (χ3v) is 18.8. The van der Waals surface area contributed by atoms with Gasteiger partial charge in [0.25, 0.3) is 0 Å². The molecule has 2 spiro atoms. The standard InChI is InChI=1S/C33H49ClO6Si2.C26H31ClO8/c1-9-29-22(2)30(39-41(3,4)5)31(40-42(6,7)8)33(35,38-29)25-12-15-28(34)24(17-25)16-23-10-13-26(14-11-23)37-27-18-32(19-27)20-36-21-32;1-32-26(24(31)23(30)22(29)21(12-28)35-26)17-4-7-20(27)16(9-17)8-15-2-5-18(6-3-15)34-19-10-25(11-19)13-33-14-25/h10-15,17,22,27,29-31,35H,9,16,18-21H2,1-8H3;2-7,9,19,21-24,28-31H,8,10-14H2,1H3/t22-,29-,30+,31-,33?;21-,22-,23+,24-,26?/m11/s1. The van der Waals surface area contributed by atoms with Gasteiger partial charge in [-0.05, 0) is 155 Å². The second-order valence-corrected chi connectivity index (χ2v) is 34.4. The van der Waals surface area contributed by atoms with Gasteiger partial charge in [-0.2, -0.15) is 0 Å². The van der Waals surface area contributed by atoms with E-state index in [1.165, 1.54) is 7.11 Å². The molecule has 10 atom stereocenters. The van der Waals surface area contributed by atoms with Crippen LogP contribution >= 0.6 is 23.2 Å². The molecule has 77 heavy (non-hydrogen) atoms. The Morgan fingerprint density at radius 2 is 1.09 bits per heavy atom. The van der Waals surface area contributed by atoms with Crippen LogP contribution in [-0.4, -0.2) is 137 Å². The summed E-state index contributed by atoms with van der Waals surface area (Å²) in [6.07, 6.45) is -0.262. The molecule has 5 N–H and O–H groups in total. The van der Waals surface area contributed by atoms with Crippen molar-refractivity contribution in [2.45, 2.75) is 165 Å². The normalized spacial score (nSPS) is 31.5. The van der Waals surface area contributed by atoms with Crippen molar-refractivity contribution in [3.8, 4) is 11.5 Å². The predicted octanol–water partition coefficient (Wildman–Crippen LogP) is 9.28. The van der Waals surface area contributed by atoms with Gasteiger partial charge in [-0.1, -0.05) is 73.4 Å². The summed E-state index contributed by atoms with van der Waals surface area (Å²) < 4.78 is 54.4. The van der Waals surface area contributed by atoms with Crippen LogP contribution in [0.2, 0.25) is 49.3 Å². The summed E-state index contributed by atoms with van der Waals surface area (Å²) in [5, 5.41) is 54.5. The average molecular weight is 1140 g/mol. The molecule has 4 aromatic rings. The van der Waals surface area contributed by atoms with E-state index in [0.29, 0.717) is 44.8 Å². The lowest BCUT2D eigenvalue weighted by Crippen LogP contribution is -2.64. The number of aliphatic hydroxyl groups excluding tert-OH is 4. The van der Waals surface area contributed by atoms with Gasteiger partial charge in [-0.15, -0.1) is 0 Å². The van der Waals surface area contributed by atoms with Gasteiger partial charge in [0, 0.05) is 45.0 Å². The molecule has 4 aliphatic heterocycles. The van der Waals surface area contributed by atoms with Crippen molar-refractivity contribution in [1.82, 2.24) is 0 Å². The molecule has 10 rings (SSSR count). The molecule has 2 unspecified atom stereocenters. The Hall–Kier alpha value is -2.99. The number of aliphatic hydroxyl groups is 5. The molecule has 2 saturated carbocycles. The highest BCUT2D eigenvalue weighted by Crippen LogP contribution is 2.50. The van der Waals surface area contributed by atoms with E-state index in [2.05, 4.69) is 65.3 Å². The van der Waals surface area contributed by atoms with E-state index in [0.717, 1.165) is 92.3 Å². The number of rotatable bonds is 17. The largest absolute Gasteiger partial charge is 0.490 e. The fraction of sp³-hybridized carbons (Fsp3) is 0.593. The maximum absolute atomic E-state index is 12.5. The first kappa shape index (κ1) is 58.7. The molecule has 2 aliphatic carbocycles. The van der Waals surface area contributed by atoms with Crippen molar-refractivity contribution < 1.29 is 67.5 Å². The highest BCUT2D eigenvalue weighted by atomic mass is 35.5. The maximum Gasteiger partial charge on any atom is 0.224 e. The van der Waals surface area contributed by atoms with Gasteiger partial charge in [0.1, 0.15) is 54.2 Å². The fourth-order valence-electron chi connectivity index (χ4n) is 11.9. The van der Waals surface area contributed by atoms with E-state index in [1.807, 2.05) is 54.6 Å². The number of hydrogen-bond donors (Lipinski definition) is 5. The molecule has 422 valence electrons. The molecule has 4 aromatic carbocycles. The van der Waals surface area contributed by atoms with Crippen LogP contribution in [0.4, 0.5) is 0 Å². The lowest BCUT2D eigenvalue weighted by atomic mass is 9.65. The van der Waals surface area contributed by atoms with Crippen LogP contribution in [0.1, 0.15) is 79.3 Å². The molecule has 0 amide bonds. The van der Waals surface area contributed by atoms with E-state index >= 15 is 0 Å². The monoisotopic (exact) mass is 1140 g/mol. The van der Waals surface area contributed by atoms with Gasteiger partial charge in [-0.25, -0.2) is 0 Å². The summed E-state index contributed by atoms with van der Waals surface area (Å²) in [6, 6.07) is 26.9. The first-order chi connectivity index (χ1) is 36.4. The van der Waals surface area contributed by atoms with Crippen LogP contribution in [0.25, 0.3) is 0 Å². The first-order valence-electron chi connectivity index (χ1n) is 27.3. The summed E-state index contributed by atoms with van der Waals surface area (Å²) >= 11 is 13.2. The molecule has 4 saturated heterocycles. The number of hydrogen-bond acceptors (Lipinski definition) is 14. The Morgan fingerprint density at radius 1 is 0.623 bits per heavy atom. The van der Waals surface area contributed by atoms with Gasteiger partial charge in [-0.3, -0.25) is 0 Å². The van der Waals surface area contributed by atoms with Crippen LogP contribution in [0.15, 0.2) is 84.9 Å². The zero-order valence-electron chi connectivity index (χ0n) is 46.0. The third kappa shape index (κ3) is 12.7. The van der Waals surface area contributed by atoms with Crippen molar-refractivity contribution in [3.05, 3.63) is 128 Å². The highest BCUT2D eigenvalue weighted by Gasteiger charge is 2.58. The number of methoxy groups -OCH3 is 1. The summed E-state index contributed by atoms with van der Waals surface area (Å²) in [5.74, 6) is -1.66. The van der Waals surface area contributed by atoms with E-state index < -0.39 is 65.3 Å². The van der Waals surface area contributed by atoms with Crippen LogP contribution in [0, 0.1) is 16.7 Å². The molecule has 6 fully saturated rings. The fourth-order valence-corrected chi connectivity index (χ4v) is 14.4. The zero-order chi connectivity index (χ0) is 55.3. The number of benzene rings is 4. The van der Waals surface area contributed by atoms with Crippen LogP contribution in [0.3, 0.4) is 0 Å². The third-order valence-electron chi connectivity index (χ3n) is 16.2. The number of halogens is 2.